The average Bonchev–Trinajstić information content (AvgIpc) is 3.00. The lowest BCUT2D eigenvalue weighted by atomic mass is 10.1. The van der Waals surface area contributed by atoms with E-state index < -0.39 is 0 Å². The zero-order chi connectivity index (χ0) is 12.9. The van der Waals surface area contributed by atoms with Gasteiger partial charge in [-0.1, -0.05) is 30.3 Å². The van der Waals surface area contributed by atoms with Crippen LogP contribution in [0.25, 0.3) is 11.4 Å². The van der Waals surface area contributed by atoms with Crippen molar-refractivity contribution < 1.29 is 4.74 Å². The highest BCUT2D eigenvalue weighted by atomic mass is 16.5. The summed E-state index contributed by atoms with van der Waals surface area (Å²) in [6.45, 7) is 2.88. The summed E-state index contributed by atoms with van der Waals surface area (Å²) < 4.78 is 5.72. The first-order valence-corrected chi connectivity index (χ1v) is 6.63. The lowest BCUT2D eigenvalue weighted by Gasteiger charge is -2.10. The van der Waals surface area contributed by atoms with Crippen molar-refractivity contribution in [1.29, 1.82) is 0 Å². The van der Waals surface area contributed by atoms with Gasteiger partial charge in [0.15, 0.2) is 11.6 Å². The zero-order valence-electron chi connectivity index (χ0n) is 10.7. The Balaban J connectivity index is 1.62. The Bertz CT molecular complexity index is 507. The Hall–Kier alpha value is -1.94. The van der Waals surface area contributed by atoms with Gasteiger partial charge < -0.3 is 10.1 Å². The van der Waals surface area contributed by atoms with E-state index in [1.54, 1.807) is 12.4 Å². The highest BCUT2D eigenvalue weighted by Gasteiger charge is 2.15. The van der Waals surface area contributed by atoms with Gasteiger partial charge in [0.25, 0.3) is 0 Å². The molecule has 1 aliphatic heterocycles. The Morgan fingerprint density at radius 3 is 2.63 bits per heavy atom. The van der Waals surface area contributed by atoms with E-state index in [9.17, 15) is 0 Å². The molecule has 0 aliphatic carbocycles. The van der Waals surface area contributed by atoms with Gasteiger partial charge in [0.05, 0.1) is 19.0 Å². The molecule has 4 nitrogen and oxygen atoms in total. The number of nitrogens with zero attached hydrogens (tertiary/aromatic N) is 2. The molecule has 0 radical (unpaired) electrons. The molecule has 1 N–H and O–H groups in total. The zero-order valence-corrected chi connectivity index (χ0v) is 10.7. The van der Waals surface area contributed by atoms with E-state index in [0.717, 1.165) is 36.8 Å². The molecule has 4 heteroatoms. The number of aromatic nitrogens is 2. The molecule has 0 amide bonds. The minimum absolute atomic E-state index is 0.605. The Labute approximate surface area is 112 Å². The van der Waals surface area contributed by atoms with Crippen molar-refractivity contribution in [2.24, 2.45) is 5.92 Å². The maximum absolute atomic E-state index is 5.72. The molecule has 0 spiro atoms. The molecule has 1 aliphatic rings. The van der Waals surface area contributed by atoms with Crippen LogP contribution in [0.2, 0.25) is 0 Å². The van der Waals surface area contributed by atoms with Crippen molar-refractivity contribution in [3.8, 4) is 17.1 Å². The smallest absolute Gasteiger partial charge is 0.159 e. The highest BCUT2D eigenvalue weighted by molar-refractivity contribution is 5.54. The molecule has 2 aromatic rings. The summed E-state index contributed by atoms with van der Waals surface area (Å²) in [7, 11) is 0. The lowest BCUT2D eigenvalue weighted by molar-refractivity contribution is 0.258. The Morgan fingerprint density at radius 1 is 1.16 bits per heavy atom. The molecule has 3 rings (SSSR count). The van der Waals surface area contributed by atoms with Gasteiger partial charge in [-0.05, 0) is 13.0 Å². The van der Waals surface area contributed by atoms with E-state index in [2.05, 4.69) is 15.3 Å². The van der Waals surface area contributed by atoms with Gasteiger partial charge in [0.2, 0.25) is 0 Å². The minimum Gasteiger partial charge on any atom is -0.490 e. The van der Waals surface area contributed by atoms with Crippen LogP contribution in [0.5, 0.6) is 5.75 Å². The van der Waals surface area contributed by atoms with Crippen molar-refractivity contribution in [3.63, 3.8) is 0 Å². The van der Waals surface area contributed by atoms with Crippen LogP contribution in [0.1, 0.15) is 6.42 Å². The molecular formula is C15H17N3O. The summed E-state index contributed by atoms with van der Waals surface area (Å²) in [4.78, 5) is 8.68. The molecular weight excluding hydrogens is 238 g/mol. The second-order valence-electron chi connectivity index (χ2n) is 4.78. The summed E-state index contributed by atoms with van der Waals surface area (Å²) in [5, 5.41) is 3.33. The molecule has 2 heterocycles. The van der Waals surface area contributed by atoms with Gasteiger partial charge in [0.1, 0.15) is 0 Å². The van der Waals surface area contributed by atoms with Gasteiger partial charge in [-0.15, -0.1) is 0 Å². The molecule has 19 heavy (non-hydrogen) atoms. The summed E-state index contributed by atoms with van der Waals surface area (Å²) in [5.74, 6) is 2.08. The van der Waals surface area contributed by atoms with Crippen LogP contribution < -0.4 is 10.1 Å². The van der Waals surface area contributed by atoms with Gasteiger partial charge in [0, 0.05) is 18.0 Å². The Morgan fingerprint density at radius 2 is 1.95 bits per heavy atom. The first-order chi connectivity index (χ1) is 9.42. The fraction of sp³-hybridized carbons (Fsp3) is 0.333. The maximum Gasteiger partial charge on any atom is 0.159 e. The largest absolute Gasteiger partial charge is 0.490 e. The van der Waals surface area contributed by atoms with Crippen LogP contribution in [-0.2, 0) is 0 Å². The third-order valence-corrected chi connectivity index (χ3v) is 3.31. The van der Waals surface area contributed by atoms with E-state index >= 15 is 0 Å². The van der Waals surface area contributed by atoms with Gasteiger partial charge in [-0.3, -0.25) is 0 Å². The summed E-state index contributed by atoms with van der Waals surface area (Å²) in [6, 6.07) is 9.95. The van der Waals surface area contributed by atoms with Crippen LogP contribution in [0.15, 0.2) is 42.7 Å². The SMILES string of the molecule is c1ccc(-c2ncc(OCC3CCNC3)cn2)cc1. The van der Waals surface area contributed by atoms with E-state index in [0.29, 0.717) is 5.92 Å². The van der Waals surface area contributed by atoms with Crippen LogP contribution in [0.4, 0.5) is 0 Å². The number of rotatable bonds is 4. The highest BCUT2D eigenvalue weighted by Crippen LogP contribution is 2.17. The van der Waals surface area contributed by atoms with Crippen molar-refractivity contribution >= 4 is 0 Å². The maximum atomic E-state index is 5.72. The second kappa shape index (κ2) is 5.80. The topological polar surface area (TPSA) is 47.0 Å². The Kier molecular flexibility index (Phi) is 3.70. The molecule has 1 aromatic carbocycles. The predicted molar refractivity (Wildman–Crippen MR) is 73.9 cm³/mol. The molecule has 1 saturated heterocycles. The van der Waals surface area contributed by atoms with Crippen molar-refractivity contribution in [3.05, 3.63) is 42.7 Å². The number of hydrogen-bond acceptors (Lipinski definition) is 4. The molecule has 1 atom stereocenters. The average molecular weight is 255 g/mol. The predicted octanol–water partition coefficient (Wildman–Crippen LogP) is 2.13. The third-order valence-electron chi connectivity index (χ3n) is 3.31. The number of nitrogens with one attached hydrogen (secondary N) is 1. The number of ether oxygens (including phenoxy) is 1. The fourth-order valence-electron chi connectivity index (χ4n) is 2.20. The summed E-state index contributed by atoms with van der Waals surface area (Å²) in [5.41, 5.74) is 1.02. The molecule has 98 valence electrons. The van der Waals surface area contributed by atoms with E-state index in [1.165, 1.54) is 6.42 Å². The monoisotopic (exact) mass is 255 g/mol. The quantitative estimate of drug-likeness (QED) is 0.909. The van der Waals surface area contributed by atoms with Crippen LogP contribution in [0, 0.1) is 5.92 Å². The molecule has 1 unspecified atom stereocenters. The van der Waals surface area contributed by atoms with Crippen molar-refractivity contribution in [2.45, 2.75) is 6.42 Å². The molecule has 1 fully saturated rings. The molecule has 1 aromatic heterocycles. The minimum atomic E-state index is 0.605. The van der Waals surface area contributed by atoms with Crippen LogP contribution >= 0.6 is 0 Å². The summed E-state index contributed by atoms with van der Waals surface area (Å²) in [6.07, 6.45) is 4.68. The second-order valence-corrected chi connectivity index (χ2v) is 4.78. The number of benzene rings is 1. The van der Waals surface area contributed by atoms with Gasteiger partial charge in [-0.2, -0.15) is 0 Å². The number of hydrogen-bond donors (Lipinski definition) is 1. The van der Waals surface area contributed by atoms with E-state index in [1.807, 2.05) is 30.3 Å². The third kappa shape index (κ3) is 3.09. The molecule has 0 bridgehead atoms. The first kappa shape index (κ1) is 12.1. The normalized spacial score (nSPS) is 18.4. The lowest BCUT2D eigenvalue weighted by Crippen LogP contribution is -2.15. The standard InChI is InChI=1S/C15H17N3O/c1-2-4-13(5-3-1)15-17-9-14(10-18-15)19-11-12-6-7-16-8-12/h1-5,9-10,12,16H,6-8,11H2. The van der Waals surface area contributed by atoms with Crippen LogP contribution in [-0.4, -0.2) is 29.7 Å². The first-order valence-electron chi connectivity index (χ1n) is 6.63. The van der Waals surface area contributed by atoms with Crippen LogP contribution in [0.3, 0.4) is 0 Å². The van der Waals surface area contributed by atoms with Gasteiger partial charge in [-0.25, -0.2) is 9.97 Å². The van der Waals surface area contributed by atoms with Gasteiger partial charge >= 0.3 is 0 Å². The van der Waals surface area contributed by atoms with E-state index in [4.69, 9.17) is 4.74 Å². The molecule has 0 saturated carbocycles. The van der Waals surface area contributed by atoms with E-state index in [-0.39, 0.29) is 0 Å². The van der Waals surface area contributed by atoms with Crippen molar-refractivity contribution in [2.75, 3.05) is 19.7 Å². The fourth-order valence-corrected chi connectivity index (χ4v) is 2.20. The summed E-state index contributed by atoms with van der Waals surface area (Å²) >= 11 is 0. The van der Waals surface area contributed by atoms with Crippen molar-refractivity contribution in [1.82, 2.24) is 15.3 Å².